The van der Waals surface area contributed by atoms with Gasteiger partial charge >= 0.3 is 0 Å². The van der Waals surface area contributed by atoms with Gasteiger partial charge in [0.05, 0.1) is 0 Å². The molecule has 1 aliphatic heterocycles. The number of thioether (sulfide) groups is 1. The predicted octanol–water partition coefficient (Wildman–Crippen LogP) is 6.00. The Hall–Kier alpha value is -3.29. The SMILES string of the molecule is Cc1ccc(CSc2nnc3c(n2)O[C@H](c2cc(O)ccc2Cl)Nc2ccccc2-3)cc1. The Kier molecular flexibility index (Phi) is 5.59. The monoisotopic (exact) mass is 462 g/mol. The van der Waals surface area contributed by atoms with Crippen LogP contribution in [-0.4, -0.2) is 20.3 Å². The molecule has 5 rings (SSSR count). The van der Waals surface area contributed by atoms with Gasteiger partial charge in [0.15, 0.2) is 11.9 Å². The zero-order valence-electron chi connectivity index (χ0n) is 17.1. The number of rotatable bonds is 4. The fraction of sp³-hybridized carbons (Fsp3) is 0.125. The van der Waals surface area contributed by atoms with Gasteiger partial charge in [-0.1, -0.05) is 71.4 Å². The molecular weight excluding hydrogens is 444 g/mol. The highest BCUT2D eigenvalue weighted by Crippen LogP contribution is 2.41. The number of anilines is 1. The Morgan fingerprint density at radius 1 is 1.06 bits per heavy atom. The number of nitrogens with zero attached hydrogens (tertiary/aromatic N) is 3. The summed E-state index contributed by atoms with van der Waals surface area (Å²) >= 11 is 7.91. The van der Waals surface area contributed by atoms with Gasteiger partial charge in [-0.25, -0.2) is 0 Å². The molecule has 1 aromatic heterocycles. The Morgan fingerprint density at radius 2 is 1.88 bits per heavy atom. The average Bonchev–Trinajstić information content (AvgIpc) is 2.96. The van der Waals surface area contributed by atoms with Gasteiger partial charge in [0.2, 0.25) is 11.0 Å². The van der Waals surface area contributed by atoms with Crippen LogP contribution in [0.1, 0.15) is 22.9 Å². The van der Waals surface area contributed by atoms with Crippen molar-refractivity contribution in [2.45, 2.75) is 24.1 Å². The van der Waals surface area contributed by atoms with Crippen molar-refractivity contribution in [3.8, 4) is 22.9 Å². The lowest BCUT2D eigenvalue weighted by Crippen LogP contribution is -2.17. The number of phenols is 1. The van der Waals surface area contributed by atoms with Crippen molar-refractivity contribution >= 4 is 29.1 Å². The zero-order chi connectivity index (χ0) is 22.1. The molecule has 0 saturated heterocycles. The molecule has 0 unspecified atom stereocenters. The van der Waals surface area contributed by atoms with E-state index in [1.807, 2.05) is 24.3 Å². The largest absolute Gasteiger partial charge is 0.508 e. The highest BCUT2D eigenvalue weighted by Gasteiger charge is 2.27. The van der Waals surface area contributed by atoms with Crippen LogP contribution in [0.2, 0.25) is 5.02 Å². The summed E-state index contributed by atoms with van der Waals surface area (Å²) in [6.07, 6.45) is -0.663. The van der Waals surface area contributed by atoms with Crippen molar-refractivity contribution in [2.24, 2.45) is 0 Å². The lowest BCUT2D eigenvalue weighted by Gasteiger charge is -2.20. The lowest BCUT2D eigenvalue weighted by molar-refractivity contribution is 0.225. The number of phenolic OH excluding ortho intramolecular Hbond substituents is 1. The van der Waals surface area contributed by atoms with E-state index in [9.17, 15) is 5.11 Å². The highest BCUT2D eigenvalue weighted by atomic mass is 35.5. The van der Waals surface area contributed by atoms with Crippen LogP contribution in [-0.2, 0) is 5.75 Å². The van der Waals surface area contributed by atoms with Crippen LogP contribution in [0.15, 0.2) is 71.9 Å². The van der Waals surface area contributed by atoms with E-state index in [1.54, 1.807) is 12.1 Å². The van der Waals surface area contributed by atoms with Crippen molar-refractivity contribution in [3.05, 3.63) is 88.4 Å². The van der Waals surface area contributed by atoms with Crippen molar-refractivity contribution in [1.29, 1.82) is 0 Å². The fourth-order valence-corrected chi connectivity index (χ4v) is 4.36. The van der Waals surface area contributed by atoms with E-state index < -0.39 is 6.23 Å². The second kappa shape index (κ2) is 8.68. The van der Waals surface area contributed by atoms with Crippen LogP contribution in [0, 0.1) is 6.92 Å². The molecule has 8 heteroatoms. The third-order valence-electron chi connectivity index (χ3n) is 5.08. The second-order valence-corrected chi connectivity index (χ2v) is 8.77. The summed E-state index contributed by atoms with van der Waals surface area (Å²) < 4.78 is 6.24. The van der Waals surface area contributed by atoms with Crippen LogP contribution in [0.25, 0.3) is 11.3 Å². The summed E-state index contributed by atoms with van der Waals surface area (Å²) in [5, 5.41) is 23.1. The minimum atomic E-state index is -0.663. The molecular formula is C24H19ClN4O2S. The number of benzene rings is 3. The number of aromatic hydroxyl groups is 1. The van der Waals surface area contributed by atoms with E-state index in [0.29, 0.717) is 27.3 Å². The van der Waals surface area contributed by atoms with Gasteiger partial charge in [-0.2, -0.15) is 4.98 Å². The topological polar surface area (TPSA) is 80.2 Å². The third-order valence-corrected chi connectivity index (χ3v) is 6.34. The van der Waals surface area contributed by atoms with E-state index in [4.69, 9.17) is 16.3 Å². The summed E-state index contributed by atoms with van der Waals surface area (Å²) in [5.41, 5.74) is 5.19. The lowest BCUT2D eigenvalue weighted by atomic mass is 10.1. The molecule has 6 nitrogen and oxygen atoms in total. The van der Waals surface area contributed by atoms with Gasteiger partial charge in [0, 0.05) is 27.6 Å². The molecule has 0 spiro atoms. The van der Waals surface area contributed by atoms with Crippen LogP contribution in [0.5, 0.6) is 11.6 Å². The zero-order valence-corrected chi connectivity index (χ0v) is 18.7. The van der Waals surface area contributed by atoms with Gasteiger partial charge < -0.3 is 15.2 Å². The molecule has 0 bridgehead atoms. The molecule has 1 aliphatic rings. The summed E-state index contributed by atoms with van der Waals surface area (Å²) in [5.74, 6) is 1.17. The average molecular weight is 463 g/mol. The van der Waals surface area contributed by atoms with Gasteiger partial charge in [0.25, 0.3) is 0 Å². The number of aryl methyl sites for hydroxylation is 1. The van der Waals surface area contributed by atoms with E-state index in [-0.39, 0.29) is 5.75 Å². The first kappa shape index (κ1) is 20.6. The molecule has 0 saturated carbocycles. The van der Waals surface area contributed by atoms with E-state index in [0.717, 1.165) is 17.0 Å². The number of halogens is 1. The number of fused-ring (bicyclic) bond motifs is 3. The molecule has 1 atom stereocenters. The summed E-state index contributed by atoms with van der Waals surface area (Å²) in [6, 6.07) is 20.8. The Labute approximate surface area is 194 Å². The Bertz CT molecular complexity index is 1280. The van der Waals surface area contributed by atoms with Gasteiger partial charge in [-0.3, -0.25) is 0 Å². The van der Waals surface area contributed by atoms with Crippen molar-refractivity contribution in [1.82, 2.24) is 15.2 Å². The number of hydrogen-bond acceptors (Lipinski definition) is 7. The molecule has 0 radical (unpaired) electrons. The maximum atomic E-state index is 9.99. The third kappa shape index (κ3) is 4.22. The number of ether oxygens (including phenoxy) is 1. The molecule has 0 aliphatic carbocycles. The summed E-state index contributed by atoms with van der Waals surface area (Å²) in [4.78, 5) is 4.65. The highest BCUT2D eigenvalue weighted by molar-refractivity contribution is 7.98. The fourth-order valence-electron chi connectivity index (χ4n) is 3.41. The predicted molar refractivity (Wildman–Crippen MR) is 126 cm³/mol. The number of nitrogens with one attached hydrogen (secondary N) is 1. The van der Waals surface area contributed by atoms with Crippen LogP contribution in [0.4, 0.5) is 5.69 Å². The molecule has 0 fully saturated rings. The van der Waals surface area contributed by atoms with Gasteiger partial charge in [0.1, 0.15) is 5.75 Å². The standard InChI is InChI=1S/C24H19ClN4O2S/c1-14-6-8-15(9-7-14)13-32-24-27-23-21(28-29-24)17-4-2-3-5-20(17)26-22(31-23)18-12-16(30)10-11-19(18)25/h2-12,22,26,30H,13H2,1H3/t22-/m1/s1. The molecule has 2 N–H and O–H groups in total. The number of hydrogen-bond donors (Lipinski definition) is 2. The molecule has 160 valence electrons. The number of para-hydroxylation sites is 1. The Balaban J connectivity index is 1.50. The van der Waals surface area contributed by atoms with Crippen molar-refractivity contribution in [2.75, 3.05) is 5.32 Å². The van der Waals surface area contributed by atoms with Crippen LogP contribution >= 0.6 is 23.4 Å². The quantitative estimate of drug-likeness (QED) is 0.360. The van der Waals surface area contributed by atoms with Crippen molar-refractivity contribution in [3.63, 3.8) is 0 Å². The maximum absolute atomic E-state index is 9.99. The molecule has 4 aromatic rings. The first-order valence-corrected chi connectivity index (χ1v) is 11.4. The van der Waals surface area contributed by atoms with Crippen LogP contribution in [0.3, 0.4) is 0 Å². The maximum Gasteiger partial charge on any atom is 0.247 e. The minimum absolute atomic E-state index is 0.0997. The molecule has 2 heterocycles. The first-order chi connectivity index (χ1) is 15.6. The van der Waals surface area contributed by atoms with E-state index >= 15 is 0 Å². The molecule has 0 amide bonds. The second-order valence-electron chi connectivity index (χ2n) is 7.42. The minimum Gasteiger partial charge on any atom is -0.508 e. The van der Waals surface area contributed by atoms with Gasteiger partial charge in [-0.15, -0.1) is 10.2 Å². The molecule has 3 aromatic carbocycles. The Morgan fingerprint density at radius 3 is 2.72 bits per heavy atom. The number of aromatic nitrogens is 3. The van der Waals surface area contributed by atoms with E-state index in [2.05, 4.69) is 51.7 Å². The molecule has 32 heavy (non-hydrogen) atoms. The van der Waals surface area contributed by atoms with Crippen molar-refractivity contribution < 1.29 is 9.84 Å². The summed E-state index contributed by atoms with van der Waals surface area (Å²) in [7, 11) is 0. The van der Waals surface area contributed by atoms with Crippen LogP contribution < -0.4 is 10.1 Å². The van der Waals surface area contributed by atoms with E-state index in [1.165, 1.54) is 29.0 Å². The first-order valence-electron chi connectivity index (χ1n) is 10.0. The van der Waals surface area contributed by atoms with Gasteiger partial charge in [-0.05, 0) is 36.8 Å². The normalized spacial score (nSPS) is 14.5. The summed E-state index contributed by atoms with van der Waals surface area (Å²) in [6.45, 7) is 2.06. The smallest absolute Gasteiger partial charge is 0.247 e.